The number of hydrogen-bond donors (Lipinski definition) is 2. The van der Waals surface area contributed by atoms with Crippen molar-refractivity contribution < 1.29 is 23.1 Å². The van der Waals surface area contributed by atoms with Gasteiger partial charge in [-0.1, -0.05) is 23.7 Å². The van der Waals surface area contributed by atoms with Crippen LogP contribution < -0.4 is 5.32 Å². The van der Waals surface area contributed by atoms with E-state index >= 15 is 0 Å². The minimum Gasteiger partial charge on any atom is -0.508 e. The van der Waals surface area contributed by atoms with Crippen LogP contribution in [0.3, 0.4) is 0 Å². The number of carbonyl (C=O) groups is 2. The second kappa shape index (κ2) is 7.88. The summed E-state index contributed by atoms with van der Waals surface area (Å²) < 4.78 is 23.0. The Morgan fingerprint density at radius 2 is 1.77 bits per heavy atom. The Labute approximate surface area is 156 Å². The van der Waals surface area contributed by atoms with Gasteiger partial charge in [0.2, 0.25) is 5.91 Å². The van der Waals surface area contributed by atoms with Crippen molar-refractivity contribution >= 4 is 38.8 Å². The van der Waals surface area contributed by atoms with E-state index in [1.54, 1.807) is 12.1 Å². The molecule has 0 aliphatic heterocycles. The lowest BCUT2D eigenvalue weighted by Crippen LogP contribution is -2.30. The summed E-state index contributed by atoms with van der Waals surface area (Å²) in [5, 5.41) is 12.3. The Balaban J connectivity index is 2.19. The number of sulfone groups is 1. The first-order chi connectivity index (χ1) is 12.1. The number of carbonyl (C=O) groups excluding carboxylic acids is 2. The molecule has 0 aromatic heterocycles. The fourth-order valence-electron chi connectivity index (χ4n) is 2.36. The fourth-order valence-corrected chi connectivity index (χ4v) is 3.15. The number of hydrogen-bond acceptors (Lipinski definition) is 5. The van der Waals surface area contributed by atoms with E-state index in [1.165, 1.54) is 37.3 Å². The summed E-state index contributed by atoms with van der Waals surface area (Å²) in [5.74, 6) is -1.94. The standard InChI is InChI=1S/C18H18ClNO5S/c1-11(21)15(9-12-3-6-14(7-4-12)26(2,24)25)18(23)20-17-10-13(22)5-8-16(17)19/h3-8,10,15,22H,9H2,1-2H3,(H,20,23). The van der Waals surface area contributed by atoms with Crippen molar-refractivity contribution in [2.75, 3.05) is 11.6 Å². The Morgan fingerprint density at radius 3 is 2.31 bits per heavy atom. The number of nitrogens with one attached hydrogen (secondary N) is 1. The van der Waals surface area contributed by atoms with Crippen molar-refractivity contribution in [1.82, 2.24) is 0 Å². The van der Waals surface area contributed by atoms with Crippen LogP contribution in [0.25, 0.3) is 0 Å². The van der Waals surface area contributed by atoms with Gasteiger partial charge in [0.1, 0.15) is 17.5 Å². The van der Waals surface area contributed by atoms with Crippen LogP contribution in [0.4, 0.5) is 5.69 Å². The number of halogens is 1. The van der Waals surface area contributed by atoms with Crippen molar-refractivity contribution in [3.05, 3.63) is 53.1 Å². The quantitative estimate of drug-likeness (QED) is 0.732. The lowest BCUT2D eigenvalue weighted by atomic mass is 9.95. The molecule has 0 heterocycles. The molecule has 138 valence electrons. The van der Waals surface area contributed by atoms with Crippen molar-refractivity contribution in [2.24, 2.45) is 5.92 Å². The first-order valence-corrected chi connectivity index (χ1v) is 9.93. The third-order valence-corrected chi connectivity index (χ3v) is 5.26. The largest absolute Gasteiger partial charge is 0.508 e. The Hall–Kier alpha value is -2.38. The molecule has 0 aliphatic rings. The Kier molecular flexibility index (Phi) is 6.05. The molecule has 0 saturated carbocycles. The first-order valence-electron chi connectivity index (χ1n) is 7.67. The van der Waals surface area contributed by atoms with E-state index in [0.717, 1.165) is 6.26 Å². The monoisotopic (exact) mass is 395 g/mol. The van der Waals surface area contributed by atoms with E-state index < -0.39 is 21.7 Å². The number of phenolic OH excluding ortho intramolecular Hbond substituents is 1. The summed E-state index contributed by atoms with van der Waals surface area (Å²) in [4.78, 5) is 24.6. The number of benzene rings is 2. The predicted molar refractivity (Wildman–Crippen MR) is 99.2 cm³/mol. The van der Waals surface area contributed by atoms with Gasteiger partial charge in [0.25, 0.3) is 0 Å². The normalized spacial score (nSPS) is 12.4. The molecule has 2 aromatic carbocycles. The van der Waals surface area contributed by atoms with E-state index in [2.05, 4.69) is 5.32 Å². The van der Waals surface area contributed by atoms with Gasteiger partial charge in [-0.2, -0.15) is 0 Å². The maximum atomic E-state index is 12.5. The lowest BCUT2D eigenvalue weighted by molar-refractivity contribution is -0.129. The van der Waals surface area contributed by atoms with Gasteiger partial charge in [-0.25, -0.2) is 8.42 Å². The third kappa shape index (κ3) is 5.06. The molecule has 26 heavy (non-hydrogen) atoms. The zero-order valence-corrected chi connectivity index (χ0v) is 15.8. The van der Waals surface area contributed by atoms with Crippen LogP contribution in [0.5, 0.6) is 5.75 Å². The number of Topliss-reactive ketones (excluding diaryl/α,β-unsaturated/α-hetero) is 1. The van der Waals surface area contributed by atoms with Gasteiger partial charge in [-0.15, -0.1) is 0 Å². The summed E-state index contributed by atoms with van der Waals surface area (Å²) in [6.45, 7) is 1.30. The fraction of sp³-hybridized carbons (Fsp3) is 0.222. The van der Waals surface area contributed by atoms with Crippen molar-refractivity contribution in [3.63, 3.8) is 0 Å². The van der Waals surface area contributed by atoms with Crippen molar-refractivity contribution in [2.45, 2.75) is 18.2 Å². The smallest absolute Gasteiger partial charge is 0.235 e. The molecule has 2 rings (SSSR count). The zero-order valence-electron chi connectivity index (χ0n) is 14.2. The highest BCUT2D eigenvalue weighted by Gasteiger charge is 2.24. The van der Waals surface area contributed by atoms with E-state index in [0.29, 0.717) is 5.56 Å². The highest BCUT2D eigenvalue weighted by molar-refractivity contribution is 7.90. The number of ketones is 1. The minimum absolute atomic E-state index is 0.0690. The van der Waals surface area contributed by atoms with Gasteiger partial charge >= 0.3 is 0 Å². The lowest BCUT2D eigenvalue weighted by Gasteiger charge is -2.15. The van der Waals surface area contributed by atoms with Crippen LogP contribution in [-0.4, -0.2) is 31.5 Å². The molecule has 0 fully saturated rings. The average molecular weight is 396 g/mol. The molecular weight excluding hydrogens is 378 g/mol. The van der Waals surface area contributed by atoms with E-state index in [9.17, 15) is 23.1 Å². The highest BCUT2D eigenvalue weighted by atomic mass is 35.5. The summed E-state index contributed by atoms with van der Waals surface area (Å²) in [6, 6.07) is 10.1. The maximum absolute atomic E-state index is 12.5. The van der Waals surface area contributed by atoms with E-state index in [-0.39, 0.29) is 33.6 Å². The summed E-state index contributed by atoms with van der Waals surface area (Å²) in [6.07, 6.45) is 1.22. The van der Waals surface area contributed by atoms with Gasteiger partial charge in [0, 0.05) is 12.3 Å². The molecule has 0 saturated heterocycles. The van der Waals surface area contributed by atoms with Gasteiger partial charge < -0.3 is 10.4 Å². The molecule has 8 heteroatoms. The topological polar surface area (TPSA) is 101 Å². The molecule has 0 radical (unpaired) electrons. The first kappa shape index (κ1) is 19.9. The average Bonchev–Trinajstić information content (AvgIpc) is 2.55. The highest BCUT2D eigenvalue weighted by Crippen LogP contribution is 2.27. The van der Waals surface area contributed by atoms with Gasteiger partial charge in [-0.05, 0) is 43.2 Å². The van der Waals surface area contributed by atoms with Crippen LogP contribution in [0.2, 0.25) is 5.02 Å². The minimum atomic E-state index is -3.31. The van der Waals surface area contributed by atoms with Crippen LogP contribution >= 0.6 is 11.6 Å². The molecule has 1 unspecified atom stereocenters. The maximum Gasteiger partial charge on any atom is 0.235 e. The van der Waals surface area contributed by atoms with Crippen LogP contribution in [0.1, 0.15) is 12.5 Å². The summed E-state index contributed by atoms with van der Waals surface area (Å²) in [5.41, 5.74) is 0.852. The molecule has 2 N–H and O–H groups in total. The molecule has 2 aromatic rings. The molecular formula is C18H18ClNO5S. The number of anilines is 1. The van der Waals surface area contributed by atoms with Gasteiger partial charge in [0.05, 0.1) is 15.6 Å². The van der Waals surface area contributed by atoms with Crippen molar-refractivity contribution in [1.29, 1.82) is 0 Å². The molecule has 6 nitrogen and oxygen atoms in total. The Morgan fingerprint density at radius 1 is 1.15 bits per heavy atom. The van der Waals surface area contributed by atoms with E-state index in [1.807, 2.05) is 0 Å². The van der Waals surface area contributed by atoms with Crippen molar-refractivity contribution in [3.8, 4) is 5.75 Å². The molecule has 0 aliphatic carbocycles. The number of phenols is 1. The predicted octanol–water partition coefficient (Wildman–Crippen LogP) is 2.84. The second-order valence-corrected chi connectivity index (χ2v) is 8.36. The SMILES string of the molecule is CC(=O)C(Cc1ccc(S(C)(=O)=O)cc1)C(=O)Nc1cc(O)ccc1Cl. The van der Waals surface area contributed by atoms with Gasteiger partial charge in [0.15, 0.2) is 9.84 Å². The third-order valence-electron chi connectivity index (χ3n) is 3.81. The van der Waals surface area contributed by atoms with Crippen LogP contribution in [0.15, 0.2) is 47.4 Å². The Bertz CT molecular complexity index is 939. The molecule has 1 amide bonds. The van der Waals surface area contributed by atoms with Crippen LogP contribution in [0, 0.1) is 5.92 Å². The number of amides is 1. The zero-order chi connectivity index (χ0) is 19.5. The second-order valence-electron chi connectivity index (χ2n) is 5.94. The molecule has 1 atom stereocenters. The van der Waals surface area contributed by atoms with Crippen LogP contribution in [-0.2, 0) is 25.8 Å². The number of rotatable bonds is 6. The number of aromatic hydroxyl groups is 1. The summed E-state index contributed by atoms with van der Waals surface area (Å²) >= 11 is 5.98. The van der Waals surface area contributed by atoms with E-state index in [4.69, 9.17) is 11.6 Å². The molecule has 0 spiro atoms. The summed E-state index contributed by atoms with van der Waals surface area (Å²) in [7, 11) is -3.31. The molecule has 0 bridgehead atoms. The van der Waals surface area contributed by atoms with Gasteiger partial charge in [-0.3, -0.25) is 9.59 Å².